The van der Waals surface area contributed by atoms with Crippen LogP contribution in [0.2, 0.25) is 10.0 Å². The van der Waals surface area contributed by atoms with Crippen molar-refractivity contribution in [3.05, 3.63) is 57.6 Å². The Morgan fingerprint density at radius 2 is 1.68 bits per heavy atom. The van der Waals surface area contributed by atoms with Crippen LogP contribution in [0.15, 0.2) is 36.4 Å². The van der Waals surface area contributed by atoms with Crippen molar-refractivity contribution >= 4 is 23.2 Å². The van der Waals surface area contributed by atoms with E-state index in [1.807, 2.05) is 30.3 Å². The molecule has 2 aromatic rings. The molecule has 2 aromatic carbocycles. The Hall–Kier alpha value is -1.42. The zero-order valence-electron chi connectivity index (χ0n) is 12.7. The first-order valence-corrected chi connectivity index (χ1v) is 7.75. The zero-order valence-corrected chi connectivity index (χ0v) is 14.2. The van der Waals surface area contributed by atoms with E-state index in [1.165, 1.54) is 5.56 Å². The van der Waals surface area contributed by atoms with E-state index < -0.39 is 0 Å². The summed E-state index contributed by atoms with van der Waals surface area (Å²) < 4.78 is 10.7. The standard InChI is InChI=1S/C17H19Cl2NO2/c1-21-16-10-15(19)9-13(17(16)22-2)11-20-8-7-12-3-5-14(18)6-4-12/h3-6,9-10,20H,7-8,11H2,1-2H3. The number of ether oxygens (including phenoxy) is 2. The molecule has 5 heteroatoms. The number of halogens is 2. The third kappa shape index (κ3) is 4.54. The van der Waals surface area contributed by atoms with Crippen molar-refractivity contribution in [1.82, 2.24) is 5.32 Å². The van der Waals surface area contributed by atoms with Gasteiger partial charge in [0, 0.05) is 28.2 Å². The first-order valence-electron chi connectivity index (χ1n) is 6.99. The lowest BCUT2D eigenvalue weighted by Gasteiger charge is -2.14. The highest BCUT2D eigenvalue weighted by Crippen LogP contribution is 2.34. The third-order valence-electron chi connectivity index (χ3n) is 3.34. The highest BCUT2D eigenvalue weighted by molar-refractivity contribution is 6.31. The lowest BCUT2D eigenvalue weighted by Crippen LogP contribution is -2.17. The van der Waals surface area contributed by atoms with E-state index in [4.69, 9.17) is 32.7 Å². The van der Waals surface area contributed by atoms with Gasteiger partial charge in [0.1, 0.15) is 0 Å². The number of hydrogen-bond acceptors (Lipinski definition) is 3. The molecule has 0 radical (unpaired) electrons. The molecule has 0 heterocycles. The van der Waals surface area contributed by atoms with E-state index in [9.17, 15) is 0 Å². The molecule has 0 aliphatic rings. The molecule has 0 aromatic heterocycles. The van der Waals surface area contributed by atoms with Crippen LogP contribution in [0.4, 0.5) is 0 Å². The van der Waals surface area contributed by atoms with Crippen molar-refractivity contribution in [2.75, 3.05) is 20.8 Å². The van der Waals surface area contributed by atoms with Crippen molar-refractivity contribution in [2.45, 2.75) is 13.0 Å². The number of nitrogens with one attached hydrogen (secondary N) is 1. The van der Waals surface area contributed by atoms with Crippen LogP contribution in [0.3, 0.4) is 0 Å². The summed E-state index contributed by atoms with van der Waals surface area (Å²) in [6.45, 7) is 1.51. The van der Waals surface area contributed by atoms with Crippen molar-refractivity contribution in [2.24, 2.45) is 0 Å². The maximum atomic E-state index is 6.11. The predicted octanol–water partition coefficient (Wildman–Crippen LogP) is 4.34. The molecule has 0 amide bonds. The third-order valence-corrected chi connectivity index (χ3v) is 3.81. The van der Waals surface area contributed by atoms with Gasteiger partial charge in [-0.1, -0.05) is 35.3 Å². The van der Waals surface area contributed by atoms with Gasteiger partial charge in [-0.15, -0.1) is 0 Å². The largest absolute Gasteiger partial charge is 0.493 e. The molecule has 118 valence electrons. The van der Waals surface area contributed by atoms with Crippen molar-refractivity contribution < 1.29 is 9.47 Å². The van der Waals surface area contributed by atoms with Crippen molar-refractivity contribution in [3.8, 4) is 11.5 Å². The Labute approximate surface area is 141 Å². The Kier molecular flexibility index (Phi) is 6.37. The molecule has 0 spiro atoms. The van der Waals surface area contributed by atoms with E-state index >= 15 is 0 Å². The minimum atomic E-state index is 0.632. The zero-order chi connectivity index (χ0) is 15.9. The Morgan fingerprint density at radius 3 is 2.32 bits per heavy atom. The number of benzene rings is 2. The Balaban J connectivity index is 1.94. The van der Waals surface area contributed by atoms with Crippen LogP contribution < -0.4 is 14.8 Å². The number of rotatable bonds is 7. The average Bonchev–Trinajstić information content (AvgIpc) is 2.52. The summed E-state index contributed by atoms with van der Waals surface area (Å²) in [6, 6.07) is 11.5. The monoisotopic (exact) mass is 339 g/mol. The van der Waals surface area contributed by atoms with Gasteiger partial charge in [-0.05, 0) is 36.7 Å². The number of methoxy groups -OCH3 is 2. The maximum absolute atomic E-state index is 6.11. The van der Waals surface area contributed by atoms with Gasteiger partial charge in [0.15, 0.2) is 11.5 Å². The molecule has 0 bridgehead atoms. The van der Waals surface area contributed by atoms with Gasteiger partial charge in [0.25, 0.3) is 0 Å². The second-order valence-electron chi connectivity index (χ2n) is 4.85. The molecule has 2 rings (SSSR count). The van der Waals surface area contributed by atoms with Gasteiger partial charge in [0.05, 0.1) is 14.2 Å². The Morgan fingerprint density at radius 1 is 0.955 bits per heavy atom. The highest BCUT2D eigenvalue weighted by atomic mass is 35.5. The topological polar surface area (TPSA) is 30.5 Å². The molecule has 1 N–H and O–H groups in total. The minimum Gasteiger partial charge on any atom is -0.493 e. The van der Waals surface area contributed by atoms with Gasteiger partial charge in [-0.3, -0.25) is 0 Å². The molecular formula is C17H19Cl2NO2. The van der Waals surface area contributed by atoms with Gasteiger partial charge in [-0.2, -0.15) is 0 Å². The molecular weight excluding hydrogens is 321 g/mol. The first-order chi connectivity index (χ1) is 10.6. The summed E-state index contributed by atoms with van der Waals surface area (Å²) in [5.74, 6) is 1.36. The van der Waals surface area contributed by atoms with Crippen LogP contribution in [0.1, 0.15) is 11.1 Å². The molecule has 0 aliphatic carbocycles. The minimum absolute atomic E-state index is 0.632. The molecule has 3 nitrogen and oxygen atoms in total. The summed E-state index contributed by atoms with van der Waals surface area (Å²) in [4.78, 5) is 0. The van der Waals surface area contributed by atoms with Crippen molar-refractivity contribution in [1.29, 1.82) is 0 Å². The normalized spacial score (nSPS) is 10.5. The molecule has 22 heavy (non-hydrogen) atoms. The summed E-state index contributed by atoms with van der Waals surface area (Å²) in [5, 5.41) is 4.78. The summed E-state index contributed by atoms with van der Waals surface area (Å²) >= 11 is 12.0. The molecule has 0 saturated heterocycles. The SMILES string of the molecule is COc1cc(Cl)cc(CNCCc2ccc(Cl)cc2)c1OC. The van der Waals surface area contributed by atoms with E-state index in [0.29, 0.717) is 23.1 Å². The lowest BCUT2D eigenvalue weighted by atomic mass is 10.1. The fourth-order valence-electron chi connectivity index (χ4n) is 2.24. The summed E-state index contributed by atoms with van der Waals surface area (Å²) in [6.07, 6.45) is 0.928. The molecule has 0 fully saturated rings. The molecule has 0 aliphatic heterocycles. The van der Waals surface area contributed by atoms with E-state index in [-0.39, 0.29) is 0 Å². The van der Waals surface area contributed by atoms with Gasteiger partial charge < -0.3 is 14.8 Å². The second-order valence-corrected chi connectivity index (χ2v) is 5.73. The van der Waals surface area contributed by atoms with Gasteiger partial charge >= 0.3 is 0 Å². The fourth-order valence-corrected chi connectivity index (χ4v) is 2.60. The highest BCUT2D eigenvalue weighted by Gasteiger charge is 2.11. The smallest absolute Gasteiger partial charge is 0.165 e. The summed E-state index contributed by atoms with van der Waals surface area (Å²) in [5.41, 5.74) is 2.22. The van der Waals surface area contributed by atoms with E-state index in [0.717, 1.165) is 23.6 Å². The summed E-state index contributed by atoms with van der Waals surface area (Å²) in [7, 11) is 3.23. The first kappa shape index (κ1) is 16.9. The average molecular weight is 340 g/mol. The molecule has 0 atom stereocenters. The Bertz CT molecular complexity index is 615. The maximum Gasteiger partial charge on any atom is 0.165 e. The quantitative estimate of drug-likeness (QED) is 0.761. The molecule has 0 saturated carbocycles. The van der Waals surface area contributed by atoms with Crippen LogP contribution in [0, 0.1) is 0 Å². The van der Waals surface area contributed by atoms with Crippen LogP contribution in [-0.2, 0) is 13.0 Å². The van der Waals surface area contributed by atoms with Crippen LogP contribution >= 0.6 is 23.2 Å². The van der Waals surface area contributed by atoms with Crippen LogP contribution in [-0.4, -0.2) is 20.8 Å². The second kappa shape index (κ2) is 8.28. The van der Waals surface area contributed by atoms with Gasteiger partial charge in [0.2, 0.25) is 0 Å². The van der Waals surface area contributed by atoms with E-state index in [2.05, 4.69) is 5.32 Å². The lowest BCUT2D eigenvalue weighted by molar-refractivity contribution is 0.351. The van der Waals surface area contributed by atoms with Crippen LogP contribution in [0.25, 0.3) is 0 Å². The van der Waals surface area contributed by atoms with E-state index in [1.54, 1.807) is 20.3 Å². The number of hydrogen-bond donors (Lipinski definition) is 1. The predicted molar refractivity (Wildman–Crippen MR) is 91.4 cm³/mol. The van der Waals surface area contributed by atoms with Gasteiger partial charge in [-0.25, -0.2) is 0 Å². The fraction of sp³-hybridized carbons (Fsp3) is 0.294. The van der Waals surface area contributed by atoms with Crippen LogP contribution in [0.5, 0.6) is 11.5 Å². The van der Waals surface area contributed by atoms with Crippen molar-refractivity contribution in [3.63, 3.8) is 0 Å². The molecule has 0 unspecified atom stereocenters.